The van der Waals surface area contributed by atoms with Crippen molar-refractivity contribution < 1.29 is 38.2 Å². The number of aromatic nitrogens is 2. The van der Waals surface area contributed by atoms with Crippen molar-refractivity contribution in [3.05, 3.63) is 64.8 Å². The number of carbonyl (C=O) groups is 5. The first-order valence-corrected chi connectivity index (χ1v) is 22.5. The second kappa shape index (κ2) is 22.0. The largest absolute Gasteiger partial charge is 0.495 e. The van der Waals surface area contributed by atoms with Crippen LogP contribution in [0.4, 0.5) is 23.1 Å². The molecule has 2 aromatic carbocycles. The summed E-state index contributed by atoms with van der Waals surface area (Å²) in [6.07, 6.45) is 9.32. The topological polar surface area (TPSA) is 197 Å². The molecule has 3 aromatic rings. The molecule has 17 nitrogen and oxygen atoms in total. The Kier molecular flexibility index (Phi) is 15.8. The Hall–Kier alpha value is -6.09. The van der Waals surface area contributed by atoms with E-state index in [1.54, 1.807) is 55.6 Å². The third kappa shape index (κ3) is 10.8. The number of hydrogen-bond donors (Lipinski definition) is 4. The van der Waals surface area contributed by atoms with Gasteiger partial charge in [-0.2, -0.15) is 4.98 Å². The van der Waals surface area contributed by atoms with Gasteiger partial charge in [0.2, 0.25) is 23.7 Å². The van der Waals surface area contributed by atoms with Crippen molar-refractivity contribution in [2.75, 3.05) is 75.3 Å². The summed E-state index contributed by atoms with van der Waals surface area (Å²) in [5.41, 5.74) is 3.92. The van der Waals surface area contributed by atoms with Gasteiger partial charge in [-0.05, 0) is 74.4 Å². The molecule has 4 aliphatic rings. The van der Waals surface area contributed by atoms with Crippen LogP contribution in [0.3, 0.4) is 0 Å². The number of nitrogens with one attached hydrogen (secondary N) is 4. The smallest absolute Gasteiger partial charge is 0.255 e. The number of methoxy groups -OCH3 is 1. The lowest BCUT2D eigenvalue weighted by molar-refractivity contribution is -0.137. The molecule has 7 rings (SSSR count). The highest BCUT2D eigenvalue weighted by Gasteiger charge is 2.42. The Bertz CT molecular complexity index is 2250. The Morgan fingerprint density at radius 2 is 1.77 bits per heavy atom. The van der Waals surface area contributed by atoms with Gasteiger partial charge in [0.15, 0.2) is 5.82 Å². The van der Waals surface area contributed by atoms with Gasteiger partial charge in [0.1, 0.15) is 23.5 Å². The van der Waals surface area contributed by atoms with Gasteiger partial charge in [-0.3, -0.25) is 29.3 Å². The van der Waals surface area contributed by atoms with E-state index >= 15 is 0 Å². The van der Waals surface area contributed by atoms with Crippen molar-refractivity contribution in [1.82, 2.24) is 30.8 Å². The SMILES string of the molecule is CC[C@@H]1C(=O)N(C)c2cnc(Nc3ccc(C(=O)NCCCOCCCOCCNCCC#Cc4cccc5c4CN(C4CCC(=O)NC4=O)C5=O)cc3OC)nc2N1C1CCCC1. The Morgan fingerprint density at radius 3 is 2.55 bits per heavy atom. The summed E-state index contributed by atoms with van der Waals surface area (Å²) in [5, 5.41) is 11.9. The standard InChI is InChI=1S/C47H59N9O8/c1-4-37-46(61)54(2)39-29-50-47(53-42(39)56(37)33-14-5-6-15-33)51-36-18-17-32(28-40(36)62-3)43(58)49-22-10-24-63-25-11-26-64-27-23-48-21-8-7-12-31-13-9-16-34-35(31)30-55(45(34)60)38-19-20-41(57)52-44(38)59/h9,13,16-18,28-29,33,37-38,48H,4-6,8,10-11,14-15,19-27,30H2,1-3H3,(H,49,58)(H,50,51,53)(H,52,57,59)/t37-,38?/m1/s1. The molecule has 340 valence electrons. The van der Waals surface area contributed by atoms with Crippen LogP contribution >= 0.6 is 0 Å². The quantitative estimate of drug-likeness (QED) is 0.0722. The van der Waals surface area contributed by atoms with Crippen molar-refractivity contribution >= 4 is 52.7 Å². The normalized spacial score (nSPS) is 18.4. The summed E-state index contributed by atoms with van der Waals surface area (Å²) in [4.78, 5) is 78.0. The summed E-state index contributed by atoms with van der Waals surface area (Å²) in [7, 11) is 3.33. The molecule has 64 heavy (non-hydrogen) atoms. The molecule has 0 bridgehead atoms. The van der Waals surface area contributed by atoms with E-state index in [9.17, 15) is 24.0 Å². The molecule has 1 unspecified atom stereocenters. The highest BCUT2D eigenvalue weighted by molar-refractivity contribution is 6.06. The number of nitrogens with zero attached hydrogens (tertiary/aromatic N) is 5. The molecule has 1 saturated carbocycles. The first-order chi connectivity index (χ1) is 31.2. The summed E-state index contributed by atoms with van der Waals surface area (Å²) >= 11 is 0. The van der Waals surface area contributed by atoms with Gasteiger partial charge >= 0.3 is 0 Å². The van der Waals surface area contributed by atoms with Gasteiger partial charge in [0, 0.05) is 88.6 Å². The number of rotatable bonds is 20. The van der Waals surface area contributed by atoms with Crippen molar-refractivity contribution in [3.8, 4) is 17.6 Å². The summed E-state index contributed by atoms with van der Waals surface area (Å²) < 4.78 is 17.1. The minimum atomic E-state index is -0.650. The average molecular weight is 878 g/mol. The summed E-state index contributed by atoms with van der Waals surface area (Å²) in [5.74, 6) is 6.88. The number of fused-ring (bicyclic) bond motifs is 2. The lowest BCUT2D eigenvalue weighted by Crippen LogP contribution is -2.55. The van der Waals surface area contributed by atoms with Crippen molar-refractivity contribution in [1.29, 1.82) is 0 Å². The monoisotopic (exact) mass is 877 g/mol. The number of piperidine rings is 1. The maximum atomic E-state index is 13.2. The van der Waals surface area contributed by atoms with Gasteiger partial charge in [-0.25, -0.2) is 4.98 Å². The Balaban J connectivity index is 0.745. The summed E-state index contributed by atoms with van der Waals surface area (Å²) in [6, 6.07) is 9.98. The number of anilines is 4. The van der Waals surface area contributed by atoms with E-state index < -0.39 is 11.9 Å². The zero-order valence-electron chi connectivity index (χ0n) is 37.0. The fourth-order valence-corrected chi connectivity index (χ4v) is 8.73. The van der Waals surface area contributed by atoms with Crippen LogP contribution < -0.4 is 35.8 Å². The van der Waals surface area contributed by atoms with Crippen LogP contribution in [-0.4, -0.2) is 123 Å². The van der Waals surface area contributed by atoms with Gasteiger partial charge in [-0.1, -0.05) is 37.7 Å². The molecular weight excluding hydrogens is 819 g/mol. The van der Waals surface area contributed by atoms with Crippen LogP contribution in [0.1, 0.15) is 103 Å². The second-order valence-electron chi connectivity index (χ2n) is 16.3. The average Bonchev–Trinajstić information content (AvgIpc) is 3.96. The van der Waals surface area contributed by atoms with Crippen LogP contribution in [-0.2, 0) is 30.4 Å². The fraction of sp³-hybridized carbons (Fsp3) is 0.511. The first-order valence-electron chi connectivity index (χ1n) is 22.5. The highest BCUT2D eigenvalue weighted by Crippen LogP contribution is 2.40. The van der Waals surface area contributed by atoms with Crippen LogP contribution in [0, 0.1) is 11.8 Å². The molecule has 2 atom stereocenters. The van der Waals surface area contributed by atoms with E-state index in [-0.39, 0.29) is 42.1 Å². The highest BCUT2D eigenvalue weighted by atomic mass is 16.5. The number of carbonyl (C=O) groups excluding carboxylic acids is 5. The van der Waals surface area contributed by atoms with Crippen LogP contribution in [0.5, 0.6) is 5.75 Å². The van der Waals surface area contributed by atoms with Gasteiger partial charge in [0.05, 0.1) is 25.6 Å². The van der Waals surface area contributed by atoms with E-state index in [1.165, 1.54) is 4.90 Å². The van der Waals surface area contributed by atoms with Gasteiger partial charge in [0.25, 0.3) is 11.8 Å². The summed E-state index contributed by atoms with van der Waals surface area (Å²) in [6.45, 7) is 6.39. The molecule has 0 spiro atoms. The van der Waals surface area contributed by atoms with Crippen molar-refractivity contribution in [2.24, 2.45) is 0 Å². The molecule has 4 N–H and O–H groups in total. The maximum Gasteiger partial charge on any atom is 0.255 e. The minimum absolute atomic E-state index is 0.0637. The molecular formula is C47H59N9O8. The van der Waals surface area contributed by atoms with Crippen LogP contribution in [0.25, 0.3) is 0 Å². The predicted octanol–water partition coefficient (Wildman–Crippen LogP) is 4.07. The Labute approximate surface area is 374 Å². The number of amides is 5. The number of ether oxygens (including phenoxy) is 3. The predicted molar refractivity (Wildman–Crippen MR) is 241 cm³/mol. The van der Waals surface area contributed by atoms with E-state index in [2.05, 4.69) is 43.0 Å². The molecule has 4 heterocycles. The van der Waals surface area contributed by atoms with Gasteiger partial charge in [-0.15, -0.1) is 0 Å². The molecule has 5 amide bonds. The third-order valence-electron chi connectivity index (χ3n) is 12.1. The molecule has 3 aliphatic heterocycles. The first kappa shape index (κ1) is 45.9. The maximum absolute atomic E-state index is 13.2. The zero-order valence-corrected chi connectivity index (χ0v) is 37.0. The number of benzene rings is 2. The number of hydrogen-bond acceptors (Lipinski definition) is 13. The van der Waals surface area contributed by atoms with E-state index in [1.807, 2.05) is 13.0 Å². The second-order valence-corrected chi connectivity index (χ2v) is 16.3. The minimum Gasteiger partial charge on any atom is -0.495 e. The lowest BCUT2D eigenvalue weighted by Gasteiger charge is -2.43. The van der Waals surface area contributed by atoms with E-state index in [4.69, 9.17) is 19.2 Å². The molecule has 1 aliphatic carbocycles. The third-order valence-corrected chi connectivity index (χ3v) is 12.1. The Morgan fingerprint density at radius 1 is 0.969 bits per heavy atom. The zero-order chi connectivity index (χ0) is 45.0. The van der Waals surface area contributed by atoms with Crippen molar-refractivity contribution in [2.45, 2.75) is 95.8 Å². The van der Waals surface area contributed by atoms with E-state index in [0.717, 1.165) is 49.0 Å². The molecule has 17 heteroatoms. The van der Waals surface area contributed by atoms with Crippen LogP contribution in [0.15, 0.2) is 42.6 Å². The molecule has 1 aromatic heterocycles. The molecule has 1 saturated heterocycles. The van der Waals surface area contributed by atoms with E-state index in [0.29, 0.717) is 112 Å². The molecule has 2 fully saturated rings. The lowest BCUT2D eigenvalue weighted by atomic mass is 10.0. The fourth-order valence-electron chi connectivity index (χ4n) is 8.73. The number of likely N-dealkylation sites (N-methyl/N-ethyl adjacent to an activating group) is 1. The molecule has 0 radical (unpaired) electrons. The van der Waals surface area contributed by atoms with Gasteiger partial charge < -0.3 is 44.9 Å². The van der Waals surface area contributed by atoms with Crippen LogP contribution in [0.2, 0.25) is 0 Å². The number of imide groups is 1. The van der Waals surface area contributed by atoms with Crippen molar-refractivity contribution in [3.63, 3.8) is 0 Å².